The number of rotatable bonds is 0. The van der Waals surface area contributed by atoms with E-state index in [-0.39, 0.29) is 0 Å². The number of hydrogen-bond acceptors (Lipinski definition) is 2. The molecule has 0 amide bonds. The van der Waals surface area contributed by atoms with Gasteiger partial charge in [0.2, 0.25) is 0 Å². The Labute approximate surface area is 88.9 Å². The highest BCUT2D eigenvalue weighted by Gasteiger charge is 2.30. The van der Waals surface area contributed by atoms with Gasteiger partial charge in [0.1, 0.15) is 0 Å². The van der Waals surface area contributed by atoms with E-state index in [4.69, 9.17) is 11.6 Å². The minimum atomic E-state index is 0.619. The Kier molecular flexibility index (Phi) is 1.92. The molecule has 2 aliphatic heterocycles. The number of nitrogens with one attached hydrogen (secondary N) is 1. The molecule has 1 aromatic rings. The van der Waals surface area contributed by atoms with Crippen molar-refractivity contribution in [3.8, 4) is 0 Å². The van der Waals surface area contributed by atoms with Crippen LogP contribution in [0.25, 0.3) is 0 Å². The third-order valence-corrected chi connectivity index (χ3v) is 3.27. The Morgan fingerprint density at radius 2 is 2.36 bits per heavy atom. The van der Waals surface area contributed by atoms with E-state index in [1.54, 1.807) is 0 Å². The summed E-state index contributed by atoms with van der Waals surface area (Å²) in [7, 11) is 0. The fourth-order valence-electron chi connectivity index (χ4n) is 2.35. The third kappa shape index (κ3) is 1.22. The van der Waals surface area contributed by atoms with Gasteiger partial charge in [-0.05, 0) is 24.1 Å². The fourth-order valence-corrected chi connectivity index (χ4v) is 2.52. The molecule has 0 aliphatic carbocycles. The number of piperazine rings is 1. The highest BCUT2D eigenvalue weighted by molar-refractivity contribution is 6.30. The number of halogens is 1. The number of nitrogens with zero attached hydrogens (tertiary/aromatic N) is 1. The lowest BCUT2D eigenvalue weighted by atomic mass is 10.1. The van der Waals surface area contributed by atoms with Gasteiger partial charge in [-0.3, -0.25) is 0 Å². The molecule has 0 bridgehead atoms. The zero-order valence-corrected chi connectivity index (χ0v) is 8.59. The molecule has 1 saturated heterocycles. The van der Waals surface area contributed by atoms with Crippen LogP contribution in [0.3, 0.4) is 0 Å². The van der Waals surface area contributed by atoms with E-state index in [2.05, 4.69) is 28.9 Å². The predicted octanol–water partition coefficient (Wildman–Crippen LogP) is 1.84. The van der Waals surface area contributed by atoms with Crippen LogP contribution in [-0.4, -0.2) is 19.1 Å². The minimum Gasteiger partial charge on any atom is -0.365 e. The third-order valence-electron chi connectivity index (χ3n) is 3.04. The first-order valence-corrected chi connectivity index (χ1v) is 5.32. The average Bonchev–Trinajstić information content (AvgIpc) is 2.56. The molecule has 1 fully saturated rings. The first-order chi connectivity index (χ1) is 6.84. The van der Waals surface area contributed by atoms with Gasteiger partial charge in [0.15, 0.2) is 0 Å². The van der Waals surface area contributed by atoms with E-state index in [0.29, 0.717) is 6.04 Å². The van der Waals surface area contributed by atoms with E-state index in [1.165, 1.54) is 11.3 Å². The van der Waals surface area contributed by atoms with Crippen LogP contribution in [-0.2, 0) is 6.42 Å². The van der Waals surface area contributed by atoms with Crippen molar-refractivity contribution >= 4 is 17.3 Å². The number of hydrogen-bond donors (Lipinski definition) is 1. The van der Waals surface area contributed by atoms with Gasteiger partial charge < -0.3 is 10.2 Å². The van der Waals surface area contributed by atoms with Gasteiger partial charge in [-0.25, -0.2) is 0 Å². The van der Waals surface area contributed by atoms with Crippen molar-refractivity contribution in [2.45, 2.75) is 12.5 Å². The molecule has 1 aromatic carbocycles. The molecule has 3 rings (SSSR count). The topological polar surface area (TPSA) is 15.3 Å². The van der Waals surface area contributed by atoms with Gasteiger partial charge >= 0.3 is 0 Å². The summed E-state index contributed by atoms with van der Waals surface area (Å²) in [5.74, 6) is 0. The average molecular weight is 208 g/mol. The quantitative estimate of drug-likeness (QED) is 0.699. The van der Waals surface area contributed by atoms with Crippen molar-refractivity contribution in [2.24, 2.45) is 0 Å². The molecule has 3 heteroatoms. The molecule has 2 heterocycles. The van der Waals surface area contributed by atoms with Crippen LogP contribution in [0.5, 0.6) is 0 Å². The first-order valence-electron chi connectivity index (χ1n) is 4.95. The number of benzene rings is 1. The molecule has 0 aromatic heterocycles. The second-order valence-corrected chi connectivity index (χ2v) is 4.33. The number of anilines is 1. The van der Waals surface area contributed by atoms with Crippen LogP contribution in [0.2, 0.25) is 5.02 Å². The minimum absolute atomic E-state index is 0.619. The Bertz CT molecular complexity index is 364. The van der Waals surface area contributed by atoms with Crippen molar-refractivity contribution in [1.82, 2.24) is 5.32 Å². The lowest BCUT2D eigenvalue weighted by Gasteiger charge is -2.32. The molecule has 73 valence electrons. The Morgan fingerprint density at radius 3 is 3.29 bits per heavy atom. The molecule has 0 unspecified atom stereocenters. The van der Waals surface area contributed by atoms with Crippen molar-refractivity contribution in [1.29, 1.82) is 0 Å². The number of fused-ring (bicyclic) bond motifs is 3. The van der Waals surface area contributed by atoms with Crippen molar-refractivity contribution < 1.29 is 0 Å². The summed E-state index contributed by atoms with van der Waals surface area (Å²) in [5, 5.41) is 4.14. The molecular formula is C11H12ClN2. The van der Waals surface area contributed by atoms with Gasteiger partial charge in [0.25, 0.3) is 0 Å². The monoisotopic (exact) mass is 207 g/mol. The molecule has 0 spiro atoms. The van der Waals surface area contributed by atoms with Crippen molar-refractivity contribution in [3.05, 3.63) is 35.3 Å². The van der Waals surface area contributed by atoms with E-state index < -0.39 is 0 Å². The van der Waals surface area contributed by atoms with E-state index >= 15 is 0 Å². The second-order valence-electron chi connectivity index (χ2n) is 3.90. The maximum absolute atomic E-state index is 6.00. The van der Waals surface area contributed by atoms with E-state index in [0.717, 1.165) is 24.5 Å². The van der Waals surface area contributed by atoms with E-state index in [9.17, 15) is 0 Å². The van der Waals surface area contributed by atoms with Gasteiger partial charge in [0.05, 0.1) is 0 Å². The van der Waals surface area contributed by atoms with Crippen LogP contribution in [0.4, 0.5) is 5.69 Å². The standard InChI is InChI=1S/C11H12ClN2/c12-9-2-1-8-5-10-7-13-3-4-14(10)11(8)6-9/h1-3,6,10,13H,4-5,7H2/t10-/m0/s1. The molecular weight excluding hydrogens is 196 g/mol. The van der Waals surface area contributed by atoms with Crippen LogP contribution in [0, 0.1) is 6.54 Å². The Morgan fingerprint density at radius 1 is 1.43 bits per heavy atom. The summed E-state index contributed by atoms with van der Waals surface area (Å²) in [6.07, 6.45) is 1.15. The highest BCUT2D eigenvalue weighted by Crippen LogP contribution is 2.34. The van der Waals surface area contributed by atoms with Crippen LogP contribution in [0.1, 0.15) is 5.56 Å². The molecule has 1 N–H and O–H groups in total. The summed E-state index contributed by atoms with van der Waals surface area (Å²) in [6, 6.07) is 6.83. The summed E-state index contributed by atoms with van der Waals surface area (Å²) in [5.41, 5.74) is 2.75. The highest BCUT2D eigenvalue weighted by atomic mass is 35.5. The van der Waals surface area contributed by atoms with Gasteiger partial charge in [-0.2, -0.15) is 0 Å². The van der Waals surface area contributed by atoms with Gasteiger partial charge in [-0.15, -0.1) is 0 Å². The Hall–Kier alpha value is -0.730. The lowest BCUT2D eigenvalue weighted by Crippen LogP contribution is -2.47. The molecule has 14 heavy (non-hydrogen) atoms. The maximum atomic E-state index is 6.00. The Balaban J connectivity index is 2.02. The molecule has 2 aliphatic rings. The van der Waals surface area contributed by atoms with Gasteiger partial charge in [0, 0.05) is 36.4 Å². The zero-order chi connectivity index (χ0) is 9.54. The smallest absolute Gasteiger partial charge is 0.0456 e. The maximum Gasteiger partial charge on any atom is 0.0456 e. The summed E-state index contributed by atoms with van der Waals surface area (Å²) in [6.45, 7) is 4.15. The van der Waals surface area contributed by atoms with Crippen molar-refractivity contribution in [3.63, 3.8) is 0 Å². The van der Waals surface area contributed by atoms with Gasteiger partial charge in [-0.1, -0.05) is 17.7 Å². The van der Waals surface area contributed by atoms with Crippen LogP contribution >= 0.6 is 11.6 Å². The lowest BCUT2D eigenvalue weighted by molar-refractivity contribution is 0.537. The second kappa shape index (κ2) is 3.14. The molecule has 1 radical (unpaired) electrons. The fraction of sp³-hybridized carbons (Fsp3) is 0.364. The normalized spacial score (nSPS) is 24.6. The first kappa shape index (κ1) is 8.57. The SMILES string of the molecule is Clc1ccc2c(c1)N1C[CH]NC[C@@H]1C2. The van der Waals surface area contributed by atoms with Crippen LogP contribution in [0.15, 0.2) is 18.2 Å². The molecule has 1 atom stereocenters. The summed E-state index contributed by atoms with van der Waals surface area (Å²) < 4.78 is 0. The zero-order valence-electron chi connectivity index (χ0n) is 7.83. The van der Waals surface area contributed by atoms with Crippen LogP contribution < -0.4 is 10.2 Å². The summed E-state index contributed by atoms with van der Waals surface area (Å²) in [4.78, 5) is 2.43. The molecule has 0 saturated carbocycles. The predicted molar refractivity (Wildman–Crippen MR) is 58.6 cm³/mol. The van der Waals surface area contributed by atoms with Crippen molar-refractivity contribution in [2.75, 3.05) is 18.0 Å². The molecule has 2 nitrogen and oxygen atoms in total. The summed E-state index contributed by atoms with van der Waals surface area (Å²) >= 11 is 6.00. The largest absolute Gasteiger partial charge is 0.365 e. The van der Waals surface area contributed by atoms with E-state index in [1.807, 2.05) is 6.07 Å².